The summed E-state index contributed by atoms with van der Waals surface area (Å²) in [5.74, 6) is -1.53. The molecule has 0 spiro atoms. The molecule has 2 amide bonds. The summed E-state index contributed by atoms with van der Waals surface area (Å²) in [6.45, 7) is 4.56. The monoisotopic (exact) mass is 467 g/mol. The number of fused-ring (bicyclic) bond motifs is 1. The first kappa shape index (κ1) is 22.0. The van der Waals surface area contributed by atoms with Gasteiger partial charge in [0.15, 0.2) is 0 Å². The van der Waals surface area contributed by atoms with Gasteiger partial charge in [-0.3, -0.25) is 24.2 Å². The summed E-state index contributed by atoms with van der Waals surface area (Å²) in [5, 5.41) is 0.544. The zero-order valence-electron chi connectivity index (χ0n) is 18.7. The SMILES string of the molecule is C=C1CN(C(=O)c2ccccc2)CCN1C(=O)C(=O)c1c[nH]c2c(-c3ccc(=O)[nH]c3)nccc12. The van der Waals surface area contributed by atoms with Crippen molar-refractivity contribution in [2.24, 2.45) is 0 Å². The first-order chi connectivity index (χ1) is 16.9. The molecule has 0 aliphatic carbocycles. The van der Waals surface area contributed by atoms with Crippen LogP contribution in [0.1, 0.15) is 20.7 Å². The number of aromatic nitrogens is 3. The standard InChI is InChI=1S/C26H21N5O4/c1-16-15-30(25(34)17-5-3-2-4-6-17)11-12-31(16)26(35)24(33)20-14-29-23-19(20)9-10-27-22(23)18-7-8-21(32)28-13-18/h2-10,13-14,29H,1,11-12,15H2,(H,28,32). The van der Waals surface area contributed by atoms with E-state index >= 15 is 0 Å². The number of carbonyl (C=O) groups excluding carboxylic acids is 3. The Bertz CT molecular complexity index is 1520. The van der Waals surface area contributed by atoms with Crippen LogP contribution in [-0.4, -0.2) is 62.0 Å². The Morgan fingerprint density at radius 1 is 0.943 bits per heavy atom. The Morgan fingerprint density at radius 3 is 2.46 bits per heavy atom. The molecule has 0 atom stereocenters. The number of aromatic amines is 2. The minimum Gasteiger partial charge on any atom is -0.359 e. The van der Waals surface area contributed by atoms with Crippen LogP contribution in [-0.2, 0) is 4.79 Å². The molecule has 9 nitrogen and oxygen atoms in total. The second-order valence-corrected chi connectivity index (χ2v) is 8.17. The maximum Gasteiger partial charge on any atom is 0.299 e. The summed E-state index contributed by atoms with van der Waals surface area (Å²) >= 11 is 0. The van der Waals surface area contributed by atoms with Crippen molar-refractivity contribution in [2.75, 3.05) is 19.6 Å². The fourth-order valence-electron chi connectivity index (χ4n) is 4.20. The molecule has 1 aliphatic heterocycles. The van der Waals surface area contributed by atoms with Crippen LogP contribution in [0.15, 0.2) is 84.2 Å². The number of benzene rings is 1. The highest BCUT2D eigenvalue weighted by molar-refractivity contribution is 6.45. The molecule has 0 radical (unpaired) electrons. The topological polar surface area (TPSA) is 119 Å². The van der Waals surface area contributed by atoms with Crippen molar-refractivity contribution in [1.29, 1.82) is 0 Å². The molecule has 0 bridgehead atoms. The molecule has 1 aromatic carbocycles. The Kier molecular flexibility index (Phi) is 5.58. The van der Waals surface area contributed by atoms with Crippen molar-refractivity contribution >= 4 is 28.5 Å². The minimum absolute atomic E-state index is 0.149. The van der Waals surface area contributed by atoms with Crippen molar-refractivity contribution in [3.05, 3.63) is 101 Å². The van der Waals surface area contributed by atoms with E-state index in [2.05, 4.69) is 21.5 Å². The number of ketones is 1. The minimum atomic E-state index is -0.704. The van der Waals surface area contributed by atoms with Crippen molar-refractivity contribution in [2.45, 2.75) is 0 Å². The summed E-state index contributed by atoms with van der Waals surface area (Å²) in [4.78, 5) is 63.4. The molecular weight excluding hydrogens is 446 g/mol. The van der Waals surface area contributed by atoms with E-state index in [0.717, 1.165) is 0 Å². The molecule has 174 valence electrons. The molecule has 4 heterocycles. The molecule has 0 saturated carbocycles. The number of pyridine rings is 2. The largest absolute Gasteiger partial charge is 0.359 e. The van der Waals surface area contributed by atoms with Crippen LogP contribution in [0.5, 0.6) is 0 Å². The van der Waals surface area contributed by atoms with Gasteiger partial charge in [0.25, 0.3) is 17.6 Å². The summed E-state index contributed by atoms with van der Waals surface area (Å²) in [5.41, 5.74) is 2.70. The number of rotatable bonds is 4. The van der Waals surface area contributed by atoms with Crippen LogP contribution in [0, 0.1) is 0 Å². The van der Waals surface area contributed by atoms with Crippen LogP contribution in [0.4, 0.5) is 0 Å². The van der Waals surface area contributed by atoms with Gasteiger partial charge in [-0.1, -0.05) is 24.8 Å². The van der Waals surface area contributed by atoms with Crippen molar-refractivity contribution in [1.82, 2.24) is 24.8 Å². The fourth-order valence-corrected chi connectivity index (χ4v) is 4.20. The highest BCUT2D eigenvalue weighted by Gasteiger charge is 2.32. The number of piperazine rings is 1. The number of nitrogens with one attached hydrogen (secondary N) is 2. The highest BCUT2D eigenvalue weighted by Crippen LogP contribution is 2.28. The maximum atomic E-state index is 13.2. The zero-order chi connectivity index (χ0) is 24.5. The van der Waals surface area contributed by atoms with Crippen LogP contribution >= 0.6 is 0 Å². The second kappa shape index (κ2) is 8.86. The lowest BCUT2D eigenvalue weighted by Gasteiger charge is -2.36. The molecule has 9 heteroatoms. The van der Waals surface area contributed by atoms with E-state index in [4.69, 9.17) is 0 Å². The number of amides is 2. The smallest absolute Gasteiger partial charge is 0.299 e. The number of carbonyl (C=O) groups is 3. The van der Waals surface area contributed by atoms with Gasteiger partial charge in [-0.05, 0) is 24.3 Å². The van der Waals surface area contributed by atoms with E-state index in [-0.39, 0.29) is 30.1 Å². The lowest BCUT2D eigenvalue weighted by molar-refractivity contribution is -0.125. The van der Waals surface area contributed by atoms with Crippen LogP contribution in [0.2, 0.25) is 0 Å². The molecule has 1 saturated heterocycles. The van der Waals surface area contributed by atoms with E-state index in [1.165, 1.54) is 23.4 Å². The molecule has 1 aliphatic rings. The number of nitrogens with zero attached hydrogens (tertiary/aromatic N) is 3. The van der Waals surface area contributed by atoms with Gasteiger partial charge in [-0.25, -0.2) is 0 Å². The van der Waals surface area contributed by atoms with Crippen molar-refractivity contribution in [3.8, 4) is 11.3 Å². The average Bonchev–Trinajstić information content (AvgIpc) is 3.33. The molecule has 3 aromatic heterocycles. The fraction of sp³-hybridized carbons (Fsp3) is 0.115. The first-order valence-electron chi connectivity index (χ1n) is 11.0. The van der Waals surface area contributed by atoms with Gasteiger partial charge in [0.05, 0.1) is 23.3 Å². The van der Waals surface area contributed by atoms with Gasteiger partial charge in [0.1, 0.15) is 0 Å². The summed E-state index contributed by atoms with van der Waals surface area (Å²) < 4.78 is 0. The third-order valence-corrected chi connectivity index (χ3v) is 6.00. The van der Waals surface area contributed by atoms with Gasteiger partial charge in [0.2, 0.25) is 5.56 Å². The van der Waals surface area contributed by atoms with E-state index in [1.807, 2.05) is 6.07 Å². The predicted molar refractivity (Wildman–Crippen MR) is 130 cm³/mol. The number of hydrogen-bond donors (Lipinski definition) is 2. The van der Waals surface area contributed by atoms with E-state index in [9.17, 15) is 19.2 Å². The maximum absolute atomic E-state index is 13.2. The Labute approximate surface area is 199 Å². The molecular formula is C26H21N5O4. The lowest BCUT2D eigenvalue weighted by Crippen LogP contribution is -2.50. The van der Waals surface area contributed by atoms with Gasteiger partial charge < -0.3 is 19.8 Å². The van der Waals surface area contributed by atoms with Crippen LogP contribution in [0.3, 0.4) is 0 Å². The zero-order valence-corrected chi connectivity index (χ0v) is 18.7. The molecule has 2 N–H and O–H groups in total. The number of H-pyrrole nitrogens is 2. The third kappa shape index (κ3) is 4.04. The van der Waals surface area contributed by atoms with E-state index in [1.54, 1.807) is 47.5 Å². The average molecular weight is 467 g/mol. The van der Waals surface area contributed by atoms with Gasteiger partial charge in [-0.2, -0.15) is 0 Å². The Morgan fingerprint density at radius 2 is 1.74 bits per heavy atom. The van der Waals surface area contributed by atoms with Crippen molar-refractivity contribution < 1.29 is 14.4 Å². The highest BCUT2D eigenvalue weighted by atomic mass is 16.2. The lowest BCUT2D eigenvalue weighted by atomic mass is 10.1. The van der Waals surface area contributed by atoms with Crippen LogP contribution in [0.25, 0.3) is 22.2 Å². The van der Waals surface area contributed by atoms with Crippen molar-refractivity contribution in [3.63, 3.8) is 0 Å². The normalized spacial score (nSPS) is 13.8. The summed E-state index contributed by atoms with van der Waals surface area (Å²) in [6, 6.07) is 13.6. The molecule has 4 aromatic rings. The summed E-state index contributed by atoms with van der Waals surface area (Å²) in [6.07, 6.45) is 4.57. The summed E-state index contributed by atoms with van der Waals surface area (Å²) in [7, 11) is 0. The predicted octanol–water partition coefficient (Wildman–Crippen LogP) is 2.60. The van der Waals surface area contributed by atoms with E-state index < -0.39 is 11.7 Å². The third-order valence-electron chi connectivity index (χ3n) is 6.00. The van der Waals surface area contributed by atoms with Gasteiger partial charge in [0, 0.05) is 60.0 Å². The Balaban J connectivity index is 1.36. The molecule has 1 fully saturated rings. The van der Waals surface area contributed by atoms with E-state index in [0.29, 0.717) is 40.0 Å². The number of Topliss-reactive ketones (excluding diaryl/α,β-unsaturated/α-hetero) is 1. The van der Waals surface area contributed by atoms with Gasteiger partial charge in [-0.15, -0.1) is 0 Å². The van der Waals surface area contributed by atoms with Gasteiger partial charge >= 0.3 is 0 Å². The molecule has 0 unspecified atom stereocenters. The first-order valence-corrected chi connectivity index (χ1v) is 11.0. The van der Waals surface area contributed by atoms with Crippen LogP contribution < -0.4 is 5.56 Å². The Hall–Kier alpha value is -4.79. The molecule has 35 heavy (non-hydrogen) atoms. The molecule has 5 rings (SSSR count). The second-order valence-electron chi connectivity index (χ2n) is 8.17. The quantitative estimate of drug-likeness (QED) is 0.353. The number of hydrogen-bond acceptors (Lipinski definition) is 5.